The summed E-state index contributed by atoms with van der Waals surface area (Å²) in [4.78, 5) is 12.4. The lowest BCUT2D eigenvalue weighted by Crippen LogP contribution is -2.50. The van der Waals surface area contributed by atoms with Crippen molar-refractivity contribution >= 4 is 16.0 Å². The molecule has 3 atom stereocenters. The van der Waals surface area contributed by atoms with Crippen LogP contribution in [-0.4, -0.2) is 53.1 Å². The van der Waals surface area contributed by atoms with Gasteiger partial charge in [0.05, 0.1) is 17.9 Å². The minimum atomic E-state index is -4.44. The molecule has 0 saturated heterocycles. The van der Waals surface area contributed by atoms with Gasteiger partial charge in [-0.2, -0.15) is 8.42 Å². The molecule has 0 aromatic heterocycles. The van der Waals surface area contributed by atoms with Crippen LogP contribution in [0.15, 0.2) is 48.6 Å². The summed E-state index contributed by atoms with van der Waals surface area (Å²) in [5, 5.41) is 23.0. The first-order valence-corrected chi connectivity index (χ1v) is 16.1. The Hall–Kier alpha value is -1.74. The van der Waals surface area contributed by atoms with E-state index in [0.717, 1.165) is 57.8 Å². The molecule has 0 rings (SSSR count). The van der Waals surface area contributed by atoms with Gasteiger partial charge in [-0.3, -0.25) is 9.35 Å². The van der Waals surface area contributed by atoms with E-state index in [2.05, 4.69) is 55.6 Å². The number of hydrogen-bond acceptors (Lipinski definition) is 5. The van der Waals surface area contributed by atoms with Crippen LogP contribution >= 0.6 is 0 Å². The molecule has 0 saturated carbocycles. The second kappa shape index (κ2) is 24.3. The Morgan fingerprint density at radius 1 is 0.737 bits per heavy atom. The predicted molar refractivity (Wildman–Crippen MR) is 158 cm³/mol. The van der Waals surface area contributed by atoms with Crippen LogP contribution in [0.3, 0.4) is 0 Å². The highest BCUT2D eigenvalue weighted by atomic mass is 32.2. The molecule has 4 N–H and O–H groups in total. The Balaban J connectivity index is 4.40. The highest BCUT2D eigenvalue weighted by molar-refractivity contribution is 7.85. The topological polar surface area (TPSA) is 124 Å². The fraction of sp³-hybridized carbons (Fsp3) is 0.700. The monoisotopic (exact) mass is 555 g/mol. The third-order valence-corrected chi connectivity index (χ3v) is 6.85. The van der Waals surface area contributed by atoms with Gasteiger partial charge in [-0.1, -0.05) is 94.6 Å². The summed E-state index contributed by atoms with van der Waals surface area (Å²) >= 11 is 0. The second-order valence-electron chi connectivity index (χ2n) is 9.76. The van der Waals surface area contributed by atoms with Crippen molar-refractivity contribution in [2.45, 2.75) is 128 Å². The molecule has 220 valence electrons. The van der Waals surface area contributed by atoms with E-state index in [-0.39, 0.29) is 6.42 Å². The minimum absolute atomic E-state index is 0.254. The fourth-order valence-corrected chi connectivity index (χ4v) is 4.57. The van der Waals surface area contributed by atoms with E-state index in [1.807, 2.05) is 0 Å². The average molecular weight is 556 g/mol. The molecule has 0 aromatic carbocycles. The number of rotatable bonds is 24. The van der Waals surface area contributed by atoms with E-state index in [0.29, 0.717) is 12.8 Å². The zero-order valence-electron chi connectivity index (χ0n) is 23.6. The molecule has 0 fully saturated rings. The summed E-state index contributed by atoms with van der Waals surface area (Å²) in [5.41, 5.74) is 0. The maximum absolute atomic E-state index is 12.4. The highest BCUT2D eigenvalue weighted by Gasteiger charge is 2.27. The molecule has 1 amide bonds. The van der Waals surface area contributed by atoms with Crippen molar-refractivity contribution in [2.24, 2.45) is 0 Å². The van der Waals surface area contributed by atoms with Crippen LogP contribution in [0.5, 0.6) is 0 Å². The molecule has 0 radical (unpaired) electrons. The molecule has 7 nitrogen and oxygen atoms in total. The molecule has 0 aliphatic carbocycles. The molecule has 8 heteroatoms. The first-order chi connectivity index (χ1) is 18.2. The summed E-state index contributed by atoms with van der Waals surface area (Å²) in [5.74, 6) is -1.59. The Morgan fingerprint density at radius 3 is 1.84 bits per heavy atom. The van der Waals surface area contributed by atoms with Gasteiger partial charge in [0, 0.05) is 0 Å². The maximum Gasteiger partial charge on any atom is 0.267 e. The van der Waals surface area contributed by atoms with Crippen molar-refractivity contribution in [1.29, 1.82) is 0 Å². The van der Waals surface area contributed by atoms with Crippen LogP contribution in [-0.2, 0) is 14.9 Å². The lowest BCUT2D eigenvalue weighted by atomic mass is 10.1. The van der Waals surface area contributed by atoms with Crippen molar-refractivity contribution < 1.29 is 28.0 Å². The van der Waals surface area contributed by atoms with Crippen LogP contribution < -0.4 is 5.32 Å². The molecule has 0 aliphatic rings. The Bertz CT molecular complexity index is 804. The third-order valence-electron chi connectivity index (χ3n) is 6.07. The molecule has 3 unspecified atom stereocenters. The standard InChI is InChI=1S/C30H53NO6S/c1-3-5-7-9-11-13-15-17-19-21-23-25-29(33)30(34)31-27(26-38(35,36)37)28(32)24-22-20-18-16-14-12-10-8-6-4-2/h6,8,11,13-14,16,22,24,27-29,32-33H,3-5,7,9-10,12,15,17-21,23,25-26H2,1-2H3,(H,31,34)(H,35,36,37)/b8-6+,13-11-,16-14+,24-22+. The van der Waals surface area contributed by atoms with E-state index < -0.39 is 40.0 Å². The summed E-state index contributed by atoms with van der Waals surface area (Å²) in [6.07, 6.45) is 27.6. The first kappa shape index (κ1) is 36.3. The van der Waals surface area contributed by atoms with Crippen molar-refractivity contribution in [2.75, 3.05) is 5.75 Å². The Kier molecular flexibility index (Phi) is 23.2. The third kappa shape index (κ3) is 23.4. The van der Waals surface area contributed by atoms with E-state index in [1.54, 1.807) is 6.08 Å². The first-order valence-electron chi connectivity index (χ1n) is 14.4. The number of carbonyl (C=O) groups is 1. The van der Waals surface area contributed by atoms with Gasteiger partial charge >= 0.3 is 0 Å². The fourth-order valence-electron chi connectivity index (χ4n) is 3.84. The summed E-state index contributed by atoms with van der Waals surface area (Å²) in [6.45, 7) is 4.29. The molecule has 0 bridgehead atoms. The summed E-state index contributed by atoms with van der Waals surface area (Å²) < 4.78 is 32.1. The Morgan fingerprint density at radius 2 is 1.26 bits per heavy atom. The van der Waals surface area contributed by atoms with Crippen molar-refractivity contribution in [3.63, 3.8) is 0 Å². The van der Waals surface area contributed by atoms with Crippen LogP contribution in [0.1, 0.15) is 110 Å². The summed E-state index contributed by atoms with van der Waals surface area (Å²) in [6, 6.07) is -1.26. The number of unbranched alkanes of at least 4 members (excludes halogenated alkanes) is 9. The van der Waals surface area contributed by atoms with Crippen molar-refractivity contribution in [3.05, 3.63) is 48.6 Å². The maximum atomic E-state index is 12.4. The zero-order chi connectivity index (χ0) is 28.5. The number of aliphatic hydroxyl groups excluding tert-OH is 2. The molecule has 0 aromatic rings. The van der Waals surface area contributed by atoms with Crippen LogP contribution in [0.25, 0.3) is 0 Å². The predicted octanol–water partition coefficient (Wildman–Crippen LogP) is 6.20. The van der Waals surface area contributed by atoms with Crippen LogP contribution in [0.2, 0.25) is 0 Å². The van der Waals surface area contributed by atoms with Gasteiger partial charge in [-0.05, 0) is 64.2 Å². The molecule has 38 heavy (non-hydrogen) atoms. The molecular formula is C30H53NO6S. The second-order valence-corrected chi connectivity index (χ2v) is 11.3. The van der Waals surface area contributed by atoms with Gasteiger partial charge in [-0.15, -0.1) is 0 Å². The number of amides is 1. The zero-order valence-corrected chi connectivity index (χ0v) is 24.5. The van der Waals surface area contributed by atoms with Gasteiger partial charge in [0.2, 0.25) is 5.91 Å². The largest absolute Gasteiger partial charge is 0.387 e. The van der Waals surface area contributed by atoms with E-state index in [9.17, 15) is 28.0 Å². The van der Waals surface area contributed by atoms with Gasteiger partial charge in [0.15, 0.2) is 0 Å². The SMILES string of the molecule is CC/C=C/CC/C=C/CC/C=C/C(O)C(CS(=O)(=O)O)NC(=O)C(O)CCCCCC/C=C\CCCCC. The number of nitrogens with one attached hydrogen (secondary N) is 1. The smallest absolute Gasteiger partial charge is 0.267 e. The van der Waals surface area contributed by atoms with Gasteiger partial charge in [-0.25, -0.2) is 0 Å². The highest BCUT2D eigenvalue weighted by Crippen LogP contribution is 2.10. The van der Waals surface area contributed by atoms with E-state index >= 15 is 0 Å². The number of allylic oxidation sites excluding steroid dienone is 7. The van der Waals surface area contributed by atoms with Gasteiger partial charge < -0.3 is 15.5 Å². The summed E-state index contributed by atoms with van der Waals surface area (Å²) in [7, 11) is -4.44. The number of aliphatic hydroxyl groups is 2. The number of carbonyl (C=O) groups excluding carboxylic acids is 1. The lowest BCUT2D eigenvalue weighted by Gasteiger charge is -2.22. The average Bonchev–Trinajstić information content (AvgIpc) is 2.86. The molecule has 0 spiro atoms. The molecule has 0 heterocycles. The van der Waals surface area contributed by atoms with Gasteiger partial charge in [0.25, 0.3) is 10.1 Å². The van der Waals surface area contributed by atoms with E-state index in [1.165, 1.54) is 25.3 Å². The lowest BCUT2D eigenvalue weighted by molar-refractivity contribution is -0.130. The Labute approximate surface area is 231 Å². The quantitative estimate of drug-likeness (QED) is 0.0639. The molecular weight excluding hydrogens is 502 g/mol. The van der Waals surface area contributed by atoms with Crippen LogP contribution in [0.4, 0.5) is 0 Å². The molecule has 0 aliphatic heterocycles. The van der Waals surface area contributed by atoms with Crippen molar-refractivity contribution in [1.82, 2.24) is 5.32 Å². The van der Waals surface area contributed by atoms with Crippen molar-refractivity contribution in [3.8, 4) is 0 Å². The van der Waals surface area contributed by atoms with Crippen LogP contribution in [0, 0.1) is 0 Å². The normalized spacial score (nSPS) is 15.2. The van der Waals surface area contributed by atoms with E-state index in [4.69, 9.17) is 0 Å². The minimum Gasteiger partial charge on any atom is -0.387 e. The number of hydrogen-bond donors (Lipinski definition) is 4. The van der Waals surface area contributed by atoms with Gasteiger partial charge in [0.1, 0.15) is 6.10 Å².